The van der Waals surface area contributed by atoms with Gasteiger partial charge in [0.1, 0.15) is 11.9 Å². The fourth-order valence-electron chi connectivity index (χ4n) is 2.50. The molecule has 0 saturated carbocycles. The van der Waals surface area contributed by atoms with Crippen molar-refractivity contribution in [3.63, 3.8) is 0 Å². The number of imidazole rings is 1. The average molecular weight is 320 g/mol. The van der Waals surface area contributed by atoms with Crippen molar-refractivity contribution in [3.8, 4) is 0 Å². The van der Waals surface area contributed by atoms with E-state index in [2.05, 4.69) is 10.3 Å². The lowest BCUT2D eigenvalue weighted by molar-refractivity contribution is -0.128. The monoisotopic (exact) mass is 320 g/mol. The molecule has 1 atom stereocenters. The fraction of sp³-hybridized carbons (Fsp3) is 0.267. The van der Waals surface area contributed by atoms with Gasteiger partial charge in [-0.05, 0) is 5.56 Å². The third-order valence-electron chi connectivity index (χ3n) is 3.65. The normalized spacial score (nSPS) is 17.9. The van der Waals surface area contributed by atoms with Crippen LogP contribution in [0.4, 0.5) is 13.6 Å². The third kappa shape index (κ3) is 3.05. The maximum Gasteiger partial charge on any atom is 0.325 e. The van der Waals surface area contributed by atoms with Crippen LogP contribution in [0.25, 0.3) is 0 Å². The average Bonchev–Trinajstić information content (AvgIpc) is 3.09. The number of alkyl halides is 2. The Labute approximate surface area is 130 Å². The van der Waals surface area contributed by atoms with Crippen LogP contribution < -0.4 is 5.32 Å². The molecule has 1 N–H and O–H groups in total. The van der Waals surface area contributed by atoms with E-state index in [-0.39, 0.29) is 12.4 Å². The summed E-state index contributed by atoms with van der Waals surface area (Å²) in [5.74, 6) is -0.480. The van der Waals surface area contributed by atoms with Gasteiger partial charge in [-0.1, -0.05) is 30.3 Å². The number of rotatable bonds is 5. The van der Waals surface area contributed by atoms with E-state index in [4.69, 9.17) is 0 Å². The molecule has 120 valence electrons. The van der Waals surface area contributed by atoms with Crippen LogP contribution in [0.1, 0.15) is 17.9 Å². The Morgan fingerprint density at radius 1 is 1.22 bits per heavy atom. The Balaban J connectivity index is 1.73. The van der Waals surface area contributed by atoms with E-state index in [0.717, 1.165) is 16.7 Å². The molecule has 0 bridgehead atoms. The van der Waals surface area contributed by atoms with Crippen molar-refractivity contribution in [2.24, 2.45) is 0 Å². The molecule has 1 fully saturated rings. The Bertz CT molecular complexity index is 717. The summed E-state index contributed by atoms with van der Waals surface area (Å²) in [6.07, 6.45) is 2.67. The zero-order chi connectivity index (χ0) is 16.4. The van der Waals surface area contributed by atoms with E-state index < -0.39 is 24.5 Å². The van der Waals surface area contributed by atoms with Crippen molar-refractivity contribution in [1.29, 1.82) is 0 Å². The highest BCUT2D eigenvalue weighted by Crippen LogP contribution is 2.18. The summed E-state index contributed by atoms with van der Waals surface area (Å²) >= 11 is 0. The Morgan fingerprint density at radius 2 is 1.96 bits per heavy atom. The van der Waals surface area contributed by atoms with E-state index in [1.165, 1.54) is 6.20 Å². The molecule has 1 aliphatic heterocycles. The number of carbonyl (C=O) groups is 2. The number of nitrogens with zero attached hydrogens (tertiary/aromatic N) is 3. The quantitative estimate of drug-likeness (QED) is 0.856. The van der Waals surface area contributed by atoms with Crippen molar-refractivity contribution in [2.45, 2.75) is 25.6 Å². The van der Waals surface area contributed by atoms with Crippen molar-refractivity contribution in [2.75, 3.05) is 0 Å². The molecule has 23 heavy (non-hydrogen) atoms. The number of amides is 3. The highest BCUT2D eigenvalue weighted by atomic mass is 19.3. The first kappa shape index (κ1) is 15.1. The molecule has 0 spiro atoms. The number of imide groups is 1. The predicted molar refractivity (Wildman–Crippen MR) is 76.5 cm³/mol. The number of nitrogens with one attached hydrogen (secondary N) is 1. The van der Waals surface area contributed by atoms with Crippen LogP contribution >= 0.6 is 0 Å². The molecule has 6 nitrogen and oxygen atoms in total. The highest BCUT2D eigenvalue weighted by molar-refractivity contribution is 6.04. The first-order valence-corrected chi connectivity index (χ1v) is 7.02. The van der Waals surface area contributed by atoms with Crippen molar-refractivity contribution < 1.29 is 18.4 Å². The SMILES string of the molecule is O=C1NC(Cc2ccccc2)C(=O)N1Cc1nccn1C(F)F. The van der Waals surface area contributed by atoms with Gasteiger partial charge in [0, 0.05) is 18.8 Å². The van der Waals surface area contributed by atoms with Crippen LogP contribution in [0, 0.1) is 0 Å². The molecule has 2 aromatic rings. The molecule has 0 aliphatic carbocycles. The summed E-state index contributed by atoms with van der Waals surface area (Å²) in [4.78, 5) is 29.0. The van der Waals surface area contributed by atoms with Crippen LogP contribution in [0.15, 0.2) is 42.7 Å². The number of carbonyl (C=O) groups excluding carboxylic acids is 2. The van der Waals surface area contributed by atoms with Crippen molar-refractivity contribution in [3.05, 3.63) is 54.1 Å². The van der Waals surface area contributed by atoms with Crippen LogP contribution in [0.2, 0.25) is 0 Å². The highest BCUT2D eigenvalue weighted by Gasteiger charge is 2.38. The van der Waals surface area contributed by atoms with Crippen LogP contribution in [0.5, 0.6) is 0 Å². The minimum atomic E-state index is -2.77. The van der Waals surface area contributed by atoms with Crippen LogP contribution in [0.3, 0.4) is 0 Å². The van der Waals surface area contributed by atoms with E-state index >= 15 is 0 Å². The summed E-state index contributed by atoms with van der Waals surface area (Å²) in [5.41, 5.74) is 0.905. The van der Waals surface area contributed by atoms with E-state index in [1.54, 1.807) is 0 Å². The molecular weight excluding hydrogens is 306 g/mol. The predicted octanol–water partition coefficient (Wildman–Crippen LogP) is 1.94. The second-order valence-corrected chi connectivity index (χ2v) is 5.14. The molecular formula is C15H14F2N4O2. The van der Waals surface area contributed by atoms with Gasteiger partial charge in [-0.25, -0.2) is 9.78 Å². The summed E-state index contributed by atoms with van der Waals surface area (Å²) < 4.78 is 26.3. The smallest absolute Gasteiger partial charge is 0.325 e. The lowest BCUT2D eigenvalue weighted by Crippen LogP contribution is -2.33. The Hall–Kier alpha value is -2.77. The zero-order valence-electron chi connectivity index (χ0n) is 12.0. The van der Waals surface area contributed by atoms with Crippen molar-refractivity contribution in [1.82, 2.24) is 19.8 Å². The Kier molecular flexibility index (Phi) is 4.05. The van der Waals surface area contributed by atoms with Crippen molar-refractivity contribution >= 4 is 11.9 Å². The number of urea groups is 1. The van der Waals surface area contributed by atoms with Gasteiger partial charge in [-0.2, -0.15) is 8.78 Å². The standard InChI is InChI=1S/C15H14F2N4O2/c16-14(17)20-7-6-18-12(20)9-21-13(22)11(19-15(21)23)8-10-4-2-1-3-5-10/h1-7,11,14H,8-9H2,(H,19,23). The second-order valence-electron chi connectivity index (χ2n) is 5.14. The van der Waals surface area contributed by atoms with Crippen LogP contribution in [-0.4, -0.2) is 32.4 Å². The molecule has 1 aliphatic rings. The maximum atomic E-state index is 12.8. The first-order chi connectivity index (χ1) is 11.1. The number of aromatic nitrogens is 2. The van der Waals surface area contributed by atoms with Crippen LogP contribution in [-0.2, 0) is 17.8 Å². The number of benzene rings is 1. The van der Waals surface area contributed by atoms with E-state index in [0.29, 0.717) is 11.0 Å². The van der Waals surface area contributed by atoms with Gasteiger partial charge in [0.15, 0.2) is 0 Å². The first-order valence-electron chi connectivity index (χ1n) is 7.02. The van der Waals surface area contributed by atoms with Gasteiger partial charge in [0.25, 0.3) is 5.91 Å². The second kappa shape index (κ2) is 6.15. The third-order valence-corrected chi connectivity index (χ3v) is 3.65. The van der Waals surface area contributed by atoms with Gasteiger partial charge in [-0.15, -0.1) is 0 Å². The molecule has 1 aromatic carbocycles. The number of halogens is 2. The van der Waals surface area contributed by atoms with Gasteiger partial charge in [0.2, 0.25) is 0 Å². The summed E-state index contributed by atoms with van der Waals surface area (Å²) in [6, 6.07) is 7.95. The molecule has 8 heteroatoms. The minimum absolute atomic E-state index is 0.0381. The summed E-state index contributed by atoms with van der Waals surface area (Å²) in [7, 11) is 0. The molecule has 3 rings (SSSR count). The van der Waals surface area contributed by atoms with Gasteiger partial charge in [-0.3, -0.25) is 14.3 Å². The lowest BCUT2D eigenvalue weighted by atomic mass is 10.1. The zero-order valence-corrected chi connectivity index (χ0v) is 12.0. The number of hydrogen-bond acceptors (Lipinski definition) is 3. The lowest BCUT2D eigenvalue weighted by Gasteiger charge is -2.14. The largest absolute Gasteiger partial charge is 0.325 e. The fourth-order valence-corrected chi connectivity index (χ4v) is 2.50. The molecule has 1 unspecified atom stereocenters. The molecule has 3 amide bonds. The Morgan fingerprint density at radius 3 is 2.65 bits per heavy atom. The van der Waals surface area contributed by atoms with Gasteiger partial charge in [0.05, 0.1) is 6.54 Å². The summed E-state index contributed by atoms with van der Waals surface area (Å²) in [5, 5.41) is 2.58. The van der Waals surface area contributed by atoms with Gasteiger partial charge >= 0.3 is 12.6 Å². The minimum Gasteiger partial charge on any atom is -0.325 e. The van der Waals surface area contributed by atoms with E-state index in [9.17, 15) is 18.4 Å². The van der Waals surface area contributed by atoms with E-state index in [1.807, 2.05) is 30.3 Å². The van der Waals surface area contributed by atoms with Gasteiger partial charge < -0.3 is 5.32 Å². The maximum absolute atomic E-state index is 12.8. The topological polar surface area (TPSA) is 67.2 Å². The molecule has 1 aromatic heterocycles. The molecule has 0 radical (unpaired) electrons. The number of hydrogen-bond donors (Lipinski definition) is 1. The molecule has 2 heterocycles. The summed E-state index contributed by atoms with van der Waals surface area (Å²) in [6.45, 7) is -3.05. The molecule has 1 saturated heterocycles.